The summed E-state index contributed by atoms with van der Waals surface area (Å²) in [5.74, 6) is 1.42. The Labute approximate surface area is 117 Å². The molecule has 3 nitrogen and oxygen atoms in total. The number of aromatic amines is 1. The molecule has 1 N–H and O–H groups in total. The number of nitrogens with zero attached hydrogens (tertiary/aromatic N) is 1. The molecule has 1 fully saturated rings. The molecule has 2 heterocycles. The maximum atomic E-state index is 5.40. The van der Waals surface area contributed by atoms with Crippen LogP contribution in [0.5, 0.6) is 0 Å². The van der Waals surface area contributed by atoms with E-state index in [0.717, 1.165) is 43.1 Å². The topological polar surface area (TPSA) is 37.9 Å². The molecule has 3 rings (SSSR count). The van der Waals surface area contributed by atoms with E-state index >= 15 is 0 Å². The van der Waals surface area contributed by atoms with E-state index in [4.69, 9.17) is 17.0 Å². The van der Waals surface area contributed by atoms with E-state index in [2.05, 4.69) is 22.1 Å². The first-order valence-corrected chi connectivity index (χ1v) is 6.98. The van der Waals surface area contributed by atoms with Gasteiger partial charge in [-0.2, -0.15) is 0 Å². The zero-order valence-electron chi connectivity index (χ0n) is 10.6. The van der Waals surface area contributed by atoms with Gasteiger partial charge in [-0.15, -0.1) is 0 Å². The number of hydrogen-bond donors (Lipinski definition) is 1. The molecule has 1 aliphatic heterocycles. The fraction of sp³-hybridized carbons (Fsp3) is 0.333. The van der Waals surface area contributed by atoms with Crippen molar-refractivity contribution in [2.75, 3.05) is 13.2 Å². The Morgan fingerprint density at radius 2 is 1.89 bits per heavy atom. The second kappa shape index (κ2) is 5.63. The first-order valence-electron chi connectivity index (χ1n) is 6.57. The number of ether oxygens (including phenoxy) is 1. The van der Waals surface area contributed by atoms with Crippen LogP contribution in [0.3, 0.4) is 0 Å². The highest BCUT2D eigenvalue weighted by Gasteiger charge is 2.18. The molecule has 1 aromatic heterocycles. The molecule has 0 unspecified atom stereocenters. The molecule has 1 saturated heterocycles. The van der Waals surface area contributed by atoms with Crippen LogP contribution in [0, 0.1) is 4.64 Å². The predicted octanol–water partition coefficient (Wildman–Crippen LogP) is 3.70. The van der Waals surface area contributed by atoms with Crippen LogP contribution in [0.15, 0.2) is 36.4 Å². The highest BCUT2D eigenvalue weighted by molar-refractivity contribution is 7.71. The average molecular weight is 272 g/mol. The van der Waals surface area contributed by atoms with E-state index in [9.17, 15) is 0 Å². The molecule has 1 aromatic carbocycles. The summed E-state index contributed by atoms with van der Waals surface area (Å²) >= 11 is 5.29. The summed E-state index contributed by atoms with van der Waals surface area (Å²) in [6.45, 7) is 1.62. The molecular weight excluding hydrogens is 256 g/mol. The largest absolute Gasteiger partial charge is 0.381 e. The quantitative estimate of drug-likeness (QED) is 0.847. The molecule has 1 aliphatic rings. The van der Waals surface area contributed by atoms with Crippen LogP contribution in [0.25, 0.3) is 11.3 Å². The minimum absolute atomic E-state index is 0.430. The van der Waals surface area contributed by atoms with Gasteiger partial charge in [0.25, 0.3) is 0 Å². The lowest BCUT2D eigenvalue weighted by Gasteiger charge is -2.21. The third-order valence-corrected chi connectivity index (χ3v) is 3.66. The van der Waals surface area contributed by atoms with Crippen LogP contribution in [0.1, 0.15) is 24.6 Å². The van der Waals surface area contributed by atoms with Crippen molar-refractivity contribution < 1.29 is 4.74 Å². The normalized spacial score (nSPS) is 16.4. The lowest BCUT2D eigenvalue weighted by molar-refractivity contribution is 0.0836. The summed E-state index contributed by atoms with van der Waals surface area (Å²) in [6, 6.07) is 12.1. The highest BCUT2D eigenvalue weighted by Crippen LogP contribution is 2.26. The number of benzene rings is 1. The van der Waals surface area contributed by atoms with E-state index in [0.29, 0.717) is 10.6 Å². The van der Waals surface area contributed by atoms with Crippen molar-refractivity contribution >= 4 is 12.2 Å². The van der Waals surface area contributed by atoms with E-state index in [-0.39, 0.29) is 0 Å². The lowest BCUT2D eigenvalue weighted by Crippen LogP contribution is -2.16. The molecule has 0 saturated carbocycles. The van der Waals surface area contributed by atoms with Gasteiger partial charge in [0.1, 0.15) is 10.5 Å². The summed E-state index contributed by atoms with van der Waals surface area (Å²) in [7, 11) is 0. The first kappa shape index (κ1) is 12.5. The van der Waals surface area contributed by atoms with Gasteiger partial charge in [-0.25, -0.2) is 4.98 Å². The van der Waals surface area contributed by atoms with Gasteiger partial charge in [0.05, 0.1) is 0 Å². The molecule has 0 spiro atoms. The Morgan fingerprint density at radius 3 is 2.63 bits per heavy atom. The van der Waals surface area contributed by atoms with Gasteiger partial charge in [-0.3, -0.25) is 0 Å². The molecule has 19 heavy (non-hydrogen) atoms. The molecule has 0 bridgehead atoms. The zero-order chi connectivity index (χ0) is 13.1. The van der Waals surface area contributed by atoms with Gasteiger partial charge in [0.2, 0.25) is 0 Å². The molecule has 2 aromatic rings. The van der Waals surface area contributed by atoms with Crippen LogP contribution < -0.4 is 0 Å². The second-order valence-corrected chi connectivity index (χ2v) is 5.19. The number of hydrogen-bond acceptors (Lipinski definition) is 3. The maximum absolute atomic E-state index is 5.40. The Hall–Kier alpha value is -1.52. The number of H-pyrrole nitrogens is 1. The molecule has 0 atom stereocenters. The third kappa shape index (κ3) is 2.91. The number of aromatic nitrogens is 2. The van der Waals surface area contributed by atoms with Crippen LogP contribution in [0.4, 0.5) is 0 Å². The minimum atomic E-state index is 0.430. The van der Waals surface area contributed by atoms with Crippen molar-refractivity contribution in [3.8, 4) is 11.3 Å². The number of rotatable bonds is 2. The lowest BCUT2D eigenvalue weighted by atomic mass is 9.99. The third-order valence-electron chi connectivity index (χ3n) is 3.45. The SMILES string of the molecule is S=c1cc(-c2ccccc2)[nH]c(C2CCOCC2)n1. The fourth-order valence-electron chi connectivity index (χ4n) is 2.41. The summed E-state index contributed by atoms with van der Waals surface area (Å²) in [6.07, 6.45) is 2.02. The van der Waals surface area contributed by atoms with Crippen molar-refractivity contribution in [2.24, 2.45) is 0 Å². The monoisotopic (exact) mass is 272 g/mol. The molecular formula is C15H16N2OS. The molecule has 4 heteroatoms. The van der Waals surface area contributed by atoms with Crippen LogP contribution >= 0.6 is 12.2 Å². The van der Waals surface area contributed by atoms with Gasteiger partial charge in [-0.05, 0) is 24.5 Å². The van der Waals surface area contributed by atoms with E-state index in [1.54, 1.807) is 0 Å². The van der Waals surface area contributed by atoms with Crippen molar-refractivity contribution in [1.29, 1.82) is 0 Å². The van der Waals surface area contributed by atoms with Gasteiger partial charge in [0, 0.05) is 24.8 Å². The van der Waals surface area contributed by atoms with E-state index < -0.39 is 0 Å². The minimum Gasteiger partial charge on any atom is -0.381 e. The first-order chi connectivity index (χ1) is 9.33. The maximum Gasteiger partial charge on any atom is 0.130 e. The van der Waals surface area contributed by atoms with Crippen molar-refractivity contribution in [1.82, 2.24) is 9.97 Å². The second-order valence-electron chi connectivity index (χ2n) is 4.77. The molecule has 0 aliphatic carbocycles. The Kier molecular flexibility index (Phi) is 3.71. The molecule has 0 radical (unpaired) electrons. The Balaban J connectivity index is 1.98. The standard InChI is InChI=1S/C15H16N2OS/c19-14-10-13(11-4-2-1-3-5-11)16-15(17-14)12-6-8-18-9-7-12/h1-5,10,12H,6-9H2,(H,16,17,19). The molecule has 0 amide bonds. The zero-order valence-corrected chi connectivity index (χ0v) is 11.5. The Morgan fingerprint density at radius 1 is 1.16 bits per heavy atom. The van der Waals surface area contributed by atoms with Gasteiger partial charge < -0.3 is 9.72 Å². The van der Waals surface area contributed by atoms with E-state index in [1.165, 1.54) is 0 Å². The summed E-state index contributed by atoms with van der Waals surface area (Å²) < 4.78 is 6.05. The fourth-order valence-corrected chi connectivity index (χ4v) is 2.63. The average Bonchev–Trinajstić information content (AvgIpc) is 2.48. The van der Waals surface area contributed by atoms with Crippen molar-refractivity contribution in [3.05, 3.63) is 46.9 Å². The summed E-state index contributed by atoms with van der Waals surface area (Å²) in [5, 5.41) is 0. The van der Waals surface area contributed by atoms with Crippen LogP contribution in [0.2, 0.25) is 0 Å². The van der Waals surface area contributed by atoms with Crippen LogP contribution in [-0.2, 0) is 4.74 Å². The summed E-state index contributed by atoms with van der Waals surface area (Å²) in [5.41, 5.74) is 2.19. The van der Waals surface area contributed by atoms with Crippen molar-refractivity contribution in [3.63, 3.8) is 0 Å². The predicted molar refractivity (Wildman–Crippen MR) is 77.7 cm³/mol. The van der Waals surface area contributed by atoms with E-state index in [1.807, 2.05) is 24.3 Å². The van der Waals surface area contributed by atoms with Gasteiger partial charge in [0.15, 0.2) is 0 Å². The summed E-state index contributed by atoms with van der Waals surface area (Å²) in [4.78, 5) is 7.92. The van der Waals surface area contributed by atoms with Crippen molar-refractivity contribution in [2.45, 2.75) is 18.8 Å². The van der Waals surface area contributed by atoms with Crippen LogP contribution in [-0.4, -0.2) is 23.2 Å². The molecule has 98 valence electrons. The van der Waals surface area contributed by atoms with Gasteiger partial charge >= 0.3 is 0 Å². The smallest absolute Gasteiger partial charge is 0.130 e. The number of nitrogens with one attached hydrogen (secondary N) is 1. The Bertz CT molecular complexity index is 603. The highest BCUT2D eigenvalue weighted by atomic mass is 32.1. The van der Waals surface area contributed by atoms with Gasteiger partial charge in [-0.1, -0.05) is 42.5 Å².